The number of piperazine rings is 2. The van der Waals surface area contributed by atoms with Crippen molar-refractivity contribution in [3.8, 4) is 0 Å². The molecule has 0 N–H and O–H groups in total. The SMILES string of the molecule is CCN1CCN(C(=O)c2ccc(CN3CCN(c4cccc(Cl)c4)CC3)cc2)CC1. The van der Waals surface area contributed by atoms with Crippen LogP contribution in [0.3, 0.4) is 0 Å². The lowest BCUT2D eigenvalue weighted by Crippen LogP contribution is -2.48. The van der Waals surface area contributed by atoms with E-state index >= 15 is 0 Å². The molecule has 2 heterocycles. The molecule has 2 aromatic rings. The van der Waals surface area contributed by atoms with Crippen LogP contribution in [0.1, 0.15) is 22.8 Å². The Kier molecular flexibility index (Phi) is 6.93. The molecule has 2 aliphatic rings. The highest BCUT2D eigenvalue weighted by Crippen LogP contribution is 2.21. The molecule has 0 spiro atoms. The number of likely N-dealkylation sites (N-methyl/N-ethyl adjacent to an activating group) is 1. The molecule has 0 atom stereocenters. The van der Waals surface area contributed by atoms with Crippen LogP contribution in [0.4, 0.5) is 5.69 Å². The van der Waals surface area contributed by atoms with Crippen LogP contribution in [0.25, 0.3) is 0 Å². The minimum Gasteiger partial charge on any atom is -0.369 e. The second-order valence-electron chi connectivity index (χ2n) is 8.17. The summed E-state index contributed by atoms with van der Waals surface area (Å²) in [5.41, 5.74) is 3.26. The number of benzene rings is 2. The summed E-state index contributed by atoms with van der Waals surface area (Å²) >= 11 is 6.13. The minimum absolute atomic E-state index is 0.160. The quantitative estimate of drug-likeness (QED) is 0.732. The molecule has 0 radical (unpaired) electrons. The van der Waals surface area contributed by atoms with Crippen molar-refractivity contribution < 1.29 is 4.79 Å². The molecule has 30 heavy (non-hydrogen) atoms. The van der Waals surface area contributed by atoms with Crippen molar-refractivity contribution in [1.82, 2.24) is 14.7 Å². The number of halogens is 1. The Morgan fingerprint density at radius 2 is 1.53 bits per heavy atom. The molecule has 6 heteroatoms. The second kappa shape index (κ2) is 9.82. The van der Waals surface area contributed by atoms with Gasteiger partial charge in [-0.1, -0.05) is 36.7 Å². The molecule has 0 aromatic heterocycles. The number of hydrogen-bond acceptors (Lipinski definition) is 4. The Hall–Kier alpha value is -2.08. The van der Waals surface area contributed by atoms with E-state index in [1.807, 2.05) is 35.2 Å². The van der Waals surface area contributed by atoms with Gasteiger partial charge in [0.25, 0.3) is 5.91 Å². The first-order valence-electron chi connectivity index (χ1n) is 11.0. The van der Waals surface area contributed by atoms with E-state index in [9.17, 15) is 4.79 Å². The van der Waals surface area contributed by atoms with Gasteiger partial charge >= 0.3 is 0 Å². The monoisotopic (exact) mass is 426 g/mol. The molecule has 0 bridgehead atoms. The van der Waals surface area contributed by atoms with Crippen LogP contribution in [0, 0.1) is 0 Å². The van der Waals surface area contributed by atoms with E-state index in [0.717, 1.165) is 76.0 Å². The summed E-state index contributed by atoms with van der Waals surface area (Å²) in [6, 6.07) is 16.3. The van der Waals surface area contributed by atoms with Gasteiger partial charge in [0.1, 0.15) is 0 Å². The molecule has 0 aliphatic carbocycles. The van der Waals surface area contributed by atoms with Crippen molar-refractivity contribution in [2.24, 2.45) is 0 Å². The van der Waals surface area contributed by atoms with Crippen LogP contribution in [0.5, 0.6) is 0 Å². The molecular formula is C24H31ClN4O. The third kappa shape index (κ3) is 5.15. The standard InChI is InChI=1S/C24H31ClN4O/c1-2-26-10-16-29(17-11-26)24(30)21-8-6-20(7-9-21)19-27-12-14-28(15-13-27)23-5-3-4-22(25)18-23/h3-9,18H,2,10-17,19H2,1H3. The summed E-state index contributed by atoms with van der Waals surface area (Å²) in [5, 5.41) is 0.789. The van der Waals surface area contributed by atoms with Gasteiger partial charge in [0.15, 0.2) is 0 Å². The Morgan fingerprint density at radius 1 is 0.867 bits per heavy atom. The normalized spacial score (nSPS) is 18.6. The fraction of sp³-hybridized carbons (Fsp3) is 0.458. The summed E-state index contributed by atoms with van der Waals surface area (Å²) in [6.07, 6.45) is 0. The van der Waals surface area contributed by atoms with E-state index in [4.69, 9.17) is 11.6 Å². The first-order valence-corrected chi connectivity index (χ1v) is 11.3. The molecule has 0 saturated carbocycles. The average molecular weight is 427 g/mol. The minimum atomic E-state index is 0.160. The summed E-state index contributed by atoms with van der Waals surface area (Å²) in [5.74, 6) is 0.160. The maximum absolute atomic E-state index is 12.8. The molecule has 2 aromatic carbocycles. The van der Waals surface area contributed by atoms with Crippen LogP contribution < -0.4 is 4.90 Å². The molecular weight excluding hydrogens is 396 g/mol. The summed E-state index contributed by atoms with van der Waals surface area (Å²) in [6.45, 7) is 11.8. The van der Waals surface area contributed by atoms with Gasteiger partial charge in [0.2, 0.25) is 0 Å². The fourth-order valence-electron chi connectivity index (χ4n) is 4.30. The lowest BCUT2D eigenvalue weighted by atomic mass is 10.1. The Bertz CT molecular complexity index is 841. The smallest absolute Gasteiger partial charge is 0.253 e. The first kappa shape index (κ1) is 21.2. The predicted octanol–water partition coefficient (Wildman–Crippen LogP) is 3.44. The molecule has 160 valence electrons. The lowest BCUT2D eigenvalue weighted by Gasteiger charge is -2.36. The number of hydrogen-bond donors (Lipinski definition) is 0. The van der Waals surface area contributed by atoms with Crippen molar-refractivity contribution in [2.45, 2.75) is 13.5 Å². The van der Waals surface area contributed by atoms with E-state index in [2.05, 4.69) is 39.8 Å². The zero-order valence-corrected chi connectivity index (χ0v) is 18.5. The highest BCUT2D eigenvalue weighted by molar-refractivity contribution is 6.30. The number of anilines is 1. The van der Waals surface area contributed by atoms with E-state index in [0.29, 0.717) is 0 Å². The number of nitrogens with zero attached hydrogens (tertiary/aromatic N) is 4. The Morgan fingerprint density at radius 3 is 2.17 bits per heavy atom. The zero-order valence-electron chi connectivity index (χ0n) is 17.8. The van der Waals surface area contributed by atoms with Crippen LogP contribution in [-0.4, -0.2) is 79.5 Å². The third-order valence-corrected chi connectivity index (χ3v) is 6.49. The number of amides is 1. The second-order valence-corrected chi connectivity index (χ2v) is 8.60. The van der Waals surface area contributed by atoms with Gasteiger partial charge < -0.3 is 14.7 Å². The van der Waals surface area contributed by atoms with E-state index < -0.39 is 0 Å². The fourth-order valence-corrected chi connectivity index (χ4v) is 4.48. The third-order valence-electron chi connectivity index (χ3n) is 6.26. The molecule has 1 amide bonds. The molecule has 0 unspecified atom stereocenters. The maximum Gasteiger partial charge on any atom is 0.253 e. The Balaban J connectivity index is 1.27. The highest BCUT2D eigenvalue weighted by Gasteiger charge is 2.22. The van der Waals surface area contributed by atoms with Gasteiger partial charge in [0.05, 0.1) is 0 Å². The van der Waals surface area contributed by atoms with Gasteiger partial charge in [-0.15, -0.1) is 0 Å². The van der Waals surface area contributed by atoms with Gasteiger partial charge in [-0.05, 0) is 42.4 Å². The zero-order chi connectivity index (χ0) is 20.9. The molecule has 5 nitrogen and oxygen atoms in total. The maximum atomic E-state index is 12.8. The Labute approximate surface area is 184 Å². The van der Waals surface area contributed by atoms with Crippen molar-refractivity contribution in [1.29, 1.82) is 0 Å². The van der Waals surface area contributed by atoms with Crippen LogP contribution in [0.15, 0.2) is 48.5 Å². The molecule has 2 aliphatic heterocycles. The van der Waals surface area contributed by atoms with Crippen LogP contribution in [0.2, 0.25) is 5.02 Å². The number of rotatable bonds is 5. The lowest BCUT2D eigenvalue weighted by molar-refractivity contribution is 0.0643. The van der Waals surface area contributed by atoms with Gasteiger partial charge in [0, 0.05) is 75.2 Å². The number of carbonyl (C=O) groups excluding carboxylic acids is 1. The van der Waals surface area contributed by atoms with Crippen molar-refractivity contribution in [3.63, 3.8) is 0 Å². The van der Waals surface area contributed by atoms with Crippen molar-refractivity contribution in [2.75, 3.05) is 63.8 Å². The van der Waals surface area contributed by atoms with Crippen molar-refractivity contribution in [3.05, 3.63) is 64.7 Å². The summed E-state index contributed by atoms with van der Waals surface area (Å²) < 4.78 is 0. The van der Waals surface area contributed by atoms with Gasteiger partial charge in [-0.3, -0.25) is 9.69 Å². The van der Waals surface area contributed by atoms with E-state index in [-0.39, 0.29) is 5.91 Å². The highest BCUT2D eigenvalue weighted by atomic mass is 35.5. The van der Waals surface area contributed by atoms with Gasteiger partial charge in [-0.25, -0.2) is 0 Å². The molecule has 4 rings (SSSR count). The van der Waals surface area contributed by atoms with E-state index in [1.54, 1.807) is 0 Å². The average Bonchev–Trinajstić information content (AvgIpc) is 2.80. The summed E-state index contributed by atoms with van der Waals surface area (Å²) in [4.78, 5) is 22.0. The predicted molar refractivity (Wildman–Crippen MR) is 123 cm³/mol. The van der Waals surface area contributed by atoms with Crippen LogP contribution >= 0.6 is 11.6 Å². The van der Waals surface area contributed by atoms with Gasteiger partial charge in [-0.2, -0.15) is 0 Å². The molecule has 2 saturated heterocycles. The first-order chi connectivity index (χ1) is 14.6. The van der Waals surface area contributed by atoms with Crippen molar-refractivity contribution >= 4 is 23.2 Å². The summed E-state index contributed by atoms with van der Waals surface area (Å²) in [7, 11) is 0. The van der Waals surface area contributed by atoms with E-state index in [1.165, 1.54) is 11.3 Å². The van der Waals surface area contributed by atoms with Crippen LogP contribution in [-0.2, 0) is 6.54 Å². The molecule has 2 fully saturated rings. The topological polar surface area (TPSA) is 30.0 Å². The number of carbonyl (C=O) groups is 1. The largest absolute Gasteiger partial charge is 0.369 e.